The van der Waals surface area contributed by atoms with Gasteiger partial charge in [-0.05, 0) is 6.92 Å². The van der Waals surface area contributed by atoms with E-state index in [1.165, 1.54) is 11.8 Å². The molecule has 1 unspecified atom stereocenters. The highest BCUT2D eigenvalue weighted by Crippen LogP contribution is 2.23. The van der Waals surface area contributed by atoms with E-state index in [2.05, 4.69) is 0 Å². The molecule has 1 fully saturated rings. The zero-order valence-corrected chi connectivity index (χ0v) is 5.93. The van der Waals surface area contributed by atoms with Gasteiger partial charge in [0, 0.05) is 13.0 Å². The molecule has 0 aliphatic carbocycles. The van der Waals surface area contributed by atoms with Gasteiger partial charge in [0.15, 0.2) is 0 Å². The van der Waals surface area contributed by atoms with Crippen LogP contribution in [0.1, 0.15) is 13.3 Å². The summed E-state index contributed by atoms with van der Waals surface area (Å²) < 4.78 is 13.0. The first-order valence-electron chi connectivity index (χ1n) is 3.24. The third-order valence-corrected chi connectivity index (χ3v) is 1.74. The number of likely N-dealkylation sites (tertiary alicyclic amines) is 1. The van der Waals surface area contributed by atoms with Gasteiger partial charge in [-0.1, -0.05) is 0 Å². The molecule has 1 saturated heterocycles. The first kappa shape index (κ1) is 7.31. The molecule has 3 nitrogen and oxygen atoms in total. The standard InChI is InChI=1S/C6H11FN2O/c1-6(7)2-3-9(4-6)5(8)10/h2-4H2,1H3,(H2,8,10). The molecule has 1 aliphatic rings. The van der Waals surface area contributed by atoms with Gasteiger partial charge in [0.2, 0.25) is 0 Å². The van der Waals surface area contributed by atoms with E-state index in [0.29, 0.717) is 13.0 Å². The fourth-order valence-electron chi connectivity index (χ4n) is 1.11. The minimum absolute atomic E-state index is 0.141. The quantitative estimate of drug-likeness (QED) is 0.531. The number of amides is 2. The Bertz CT molecular complexity index is 158. The van der Waals surface area contributed by atoms with Crippen LogP contribution in [0.3, 0.4) is 0 Å². The van der Waals surface area contributed by atoms with Gasteiger partial charge in [0.25, 0.3) is 0 Å². The maximum Gasteiger partial charge on any atom is 0.314 e. The number of alkyl halides is 1. The molecular formula is C6H11FN2O. The maximum absolute atomic E-state index is 13.0. The summed E-state index contributed by atoms with van der Waals surface area (Å²) in [5.74, 6) is 0. The average Bonchev–Trinajstić information content (AvgIpc) is 2.10. The Morgan fingerprint density at radius 1 is 1.80 bits per heavy atom. The topological polar surface area (TPSA) is 46.3 Å². The fraction of sp³-hybridized carbons (Fsp3) is 0.833. The Morgan fingerprint density at radius 3 is 2.60 bits per heavy atom. The highest BCUT2D eigenvalue weighted by molar-refractivity contribution is 5.72. The van der Waals surface area contributed by atoms with Gasteiger partial charge < -0.3 is 10.6 Å². The van der Waals surface area contributed by atoms with E-state index in [9.17, 15) is 9.18 Å². The number of nitrogens with two attached hydrogens (primary N) is 1. The first-order valence-corrected chi connectivity index (χ1v) is 3.24. The summed E-state index contributed by atoms with van der Waals surface area (Å²) in [6.45, 7) is 2.07. The van der Waals surface area contributed by atoms with Crippen LogP contribution in [0.5, 0.6) is 0 Å². The molecular weight excluding hydrogens is 135 g/mol. The van der Waals surface area contributed by atoms with Crippen LogP contribution >= 0.6 is 0 Å². The third-order valence-electron chi connectivity index (χ3n) is 1.74. The van der Waals surface area contributed by atoms with Crippen molar-refractivity contribution in [1.82, 2.24) is 4.90 Å². The van der Waals surface area contributed by atoms with E-state index >= 15 is 0 Å². The molecule has 10 heavy (non-hydrogen) atoms. The molecule has 1 rings (SSSR count). The van der Waals surface area contributed by atoms with Gasteiger partial charge in [0.1, 0.15) is 5.67 Å². The van der Waals surface area contributed by atoms with Gasteiger partial charge in [0.05, 0.1) is 6.54 Å². The van der Waals surface area contributed by atoms with Crippen molar-refractivity contribution in [3.05, 3.63) is 0 Å². The molecule has 2 N–H and O–H groups in total. The van der Waals surface area contributed by atoms with E-state index in [0.717, 1.165) is 0 Å². The lowest BCUT2D eigenvalue weighted by molar-refractivity contribution is 0.184. The van der Waals surface area contributed by atoms with E-state index < -0.39 is 11.7 Å². The lowest BCUT2D eigenvalue weighted by Gasteiger charge is -2.14. The van der Waals surface area contributed by atoms with Crippen molar-refractivity contribution >= 4 is 6.03 Å². The minimum atomic E-state index is -1.23. The number of hydrogen-bond donors (Lipinski definition) is 1. The molecule has 0 spiro atoms. The number of hydrogen-bond acceptors (Lipinski definition) is 1. The third kappa shape index (κ3) is 1.37. The summed E-state index contributed by atoms with van der Waals surface area (Å²) in [6.07, 6.45) is 0.399. The maximum atomic E-state index is 13.0. The Kier molecular flexibility index (Phi) is 1.54. The number of halogens is 1. The lowest BCUT2D eigenvalue weighted by atomic mass is 10.1. The predicted octanol–water partition coefficient (Wildman–Crippen LogP) is 0.499. The number of nitrogens with zero attached hydrogens (tertiary/aromatic N) is 1. The Balaban J connectivity index is 2.51. The molecule has 1 atom stereocenters. The number of carbonyl (C=O) groups excluding carboxylic acids is 1. The molecule has 1 aliphatic heterocycles. The molecule has 0 aromatic heterocycles. The van der Waals surface area contributed by atoms with E-state index in [1.54, 1.807) is 0 Å². The van der Waals surface area contributed by atoms with Crippen LogP contribution in [0.2, 0.25) is 0 Å². The summed E-state index contributed by atoms with van der Waals surface area (Å²) in [7, 11) is 0. The van der Waals surface area contributed by atoms with Gasteiger partial charge in [-0.3, -0.25) is 0 Å². The normalized spacial score (nSPS) is 32.8. The van der Waals surface area contributed by atoms with Crippen LogP contribution < -0.4 is 5.73 Å². The number of rotatable bonds is 0. The molecule has 4 heteroatoms. The van der Waals surface area contributed by atoms with Crippen molar-refractivity contribution in [1.29, 1.82) is 0 Å². The lowest BCUT2D eigenvalue weighted by Crippen LogP contribution is -2.35. The van der Waals surface area contributed by atoms with Crippen molar-refractivity contribution in [2.24, 2.45) is 5.73 Å². The first-order chi connectivity index (χ1) is 4.51. The molecule has 0 aromatic rings. The minimum Gasteiger partial charge on any atom is -0.351 e. The molecule has 1 heterocycles. The van der Waals surface area contributed by atoms with Crippen LogP contribution in [-0.2, 0) is 0 Å². The van der Waals surface area contributed by atoms with Crippen LogP contribution in [0.25, 0.3) is 0 Å². The van der Waals surface area contributed by atoms with Gasteiger partial charge in [-0.15, -0.1) is 0 Å². The summed E-state index contributed by atoms with van der Waals surface area (Å²) >= 11 is 0. The number of urea groups is 1. The van der Waals surface area contributed by atoms with Gasteiger partial charge in [-0.2, -0.15) is 0 Å². The summed E-state index contributed by atoms with van der Waals surface area (Å²) in [4.78, 5) is 11.8. The van der Waals surface area contributed by atoms with Gasteiger partial charge >= 0.3 is 6.03 Å². The van der Waals surface area contributed by atoms with Crippen LogP contribution in [0.4, 0.5) is 9.18 Å². The Hall–Kier alpha value is -0.800. The summed E-state index contributed by atoms with van der Waals surface area (Å²) in [5.41, 5.74) is 3.71. The van der Waals surface area contributed by atoms with Crippen molar-refractivity contribution < 1.29 is 9.18 Å². The van der Waals surface area contributed by atoms with E-state index in [4.69, 9.17) is 5.73 Å². The van der Waals surface area contributed by atoms with Crippen LogP contribution in [0.15, 0.2) is 0 Å². The second kappa shape index (κ2) is 2.11. The van der Waals surface area contributed by atoms with Crippen molar-refractivity contribution in [3.63, 3.8) is 0 Å². The second-order valence-corrected chi connectivity index (χ2v) is 2.92. The monoisotopic (exact) mass is 146 g/mol. The van der Waals surface area contributed by atoms with Crippen molar-refractivity contribution in [2.45, 2.75) is 19.0 Å². The highest BCUT2D eigenvalue weighted by atomic mass is 19.1. The molecule has 0 radical (unpaired) electrons. The fourth-order valence-corrected chi connectivity index (χ4v) is 1.11. The van der Waals surface area contributed by atoms with E-state index in [1.807, 2.05) is 0 Å². The molecule has 0 aromatic carbocycles. The largest absolute Gasteiger partial charge is 0.351 e. The Labute approximate surface area is 59.0 Å². The number of carbonyl (C=O) groups is 1. The summed E-state index contributed by atoms with van der Waals surface area (Å²) in [5, 5.41) is 0. The number of primary amides is 1. The van der Waals surface area contributed by atoms with E-state index in [-0.39, 0.29) is 6.54 Å². The Morgan fingerprint density at radius 2 is 2.40 bits per heavy atom. The van der Waals surface area contributed by atoms with Gasteiger partial charge in [-0.25, -0.2) is 9.18 Å². The summed E-state index contributed by atoms with van der Waals surface area (Å²) in [6, 6.07) is -0.527. The zero-order chi connectivity index (χ0) is 7.78. The molecule has 0 saturated carbocycles. The molecule has 58 valence electrons. The second-order valence-electron chi connectivity index (χ2n) is 2.92. The highest BCUT2D eigenvalue weighted by Gasteiger charge is 2.34. The SMILES string of the molecule is CC1(F)CCN(C(N)=O)C1. The zero-order valence-electron chi connectivity index (χ0n) is 5.93. The molecule has 2 amide bonds. The van der Waals surface area contributed by atoms with Crippen molar-refractivity contribution in [2.75, 3.05) is 13.1 Å². The van der Waals surface area contributed by atoms with Crippen LogP contribution in [0, 0.1) is 0 Å². The van der Waals surface area contributed by atoms with Crippen molar-refractivity contribution in [3.8, 4) is 0 Å². The smallest absolute Gasteiger partial charge is 0.314 e. The average molecular weight is 146 g/mol. The predicted molar refractivity (Wildman–Crippen MR) is 35.3 cm³/mol. The molecule has 0 bridgehead atoms. The van der Waals surface area contributed by atoms with Crippen LogP contribution in [-0.4, -0.2) is 29.7 Å².